The summed E-state index contributed by atoms with van der Waals surface area (Å²) in [6.45, 7) is 3.68. The van der Waals surface area contributed by atoms with Crippen LogP contribution in [0.4, 0.5) is 0 Å². The van der Waals surface area contributed by atoms with Gasteiger partial charge in [-0.2, -0.15) is 0 Å². The first-order valence-corrected chi connectivity index (χ1v) is 6.33. The van der Waals surface area contributed by atoms with Crippen molar-refractivity contribution in [2.75, 3.05) is 19.6 Å². The Balaban J connectivity index is 1.93. The highest BCUT2D eigenvalue weighted by Gasteiger charge is 2.25. The van der Waals surface area contributed by atoms with Crippen LogP contribution in [-0.4, -0.2) is 54.4 Å². The van der Waals surface area contributed by atoms with Crippen molar-refractivity contribution in [2.45, 2.75) is 19.0 Å². The minimum atomic E-state index is -0.714. The molecule has 0 saturated carbocycles. The zero-order chi connectivity index (χ0) is 13.0. The summed E-state index contributed by atoms with van der Waals surface area (Å²) in [7, 11) is 2.01. The Morgan fingerprint density at radius 1 is 1.33 bits per heavy atom. The summed E-state index contributed by atoms with van der Waals surface area (Å²) in [6.07, 6.45) is 0.224. The molecule has 1 atom stereocenters. The summed E-state index contributed by atoms with van der Waals surface area (Å²) >= 11 is 0. The van der Waals surface area contributed by atoms with Crippen LogP contribution in [0.3, 0.4) is 0 Å². The van der Waals surface area contributed by atoms with Crippen LogP contribution in [0.25, 0.3) is 0 Å². The van der Waals surface area contributed by atoms with Crippen molar-refractivity contribution in [1.82, 2.24) is 9.71 Å². The van der Waals surface area contributed by atoms with Crippen LogP contribution in [0.1, 0.15) is 12.0 Å². The van der Waals surface area contributed by atoms with Gasteiger partial charge < -0.3 is 9.92 Å². The molecule has 1 saturated heterocycles. The number of piperazine rings is 1. The van der Waals surface area contributed by atoms with E-state index >= 15 is 0 Å². The second kappa shape index (κ2) is 6.02. The molecule has 0 bridgehead atoms. The number of carbonyl (C=O) groups is 1. The van der Waals surface area contributed by atoms with E-state index in [-0.39, 0.29) is 12.5 Å². The van der Waals surface area contributed by atoms with Gasteiger partial charge in [-0.25, -0.2) is 0 Å². The van der Waals surface area contributed by atoms with Gasteiger partial charge in [-0.1, -0.05) is 30.3 Å². The Morgan fingerprint density at radius 2 is 2.06 bits per heavy atom. The highest BCUT2D eigenvalue weighted by molar-refractivity contribution is 6.04. The second-order valence-electron chi connectivity index (χ2n) is 4.95. The van der Waals surface area contributed by atoms with Crippen molar-refractivity contribution in [3.8, 4) is 0 Å². The van der Waals surface area contributed by atoms with Crippen LogP contribution in [0.2, 0.25) is 0 Å². The van der Waals surface area contributed by atoms with E-state index in [1.54, 1.807) is 0 Å². The van der Waals surface area contributed by atoms with E-state index in [4.69, 9.17) is 5.11 Å². The van der Waals surface area contributed by atoms with E-state index in [2.05, 4.69) is 21.8 Å². The van der Waals surface area contributed by atoms with Gasteiger partial charge in [0.05, 0.1) is 6.42 Å². The SMILES string of the molecule is BN1CCN(Cc2ccccc2)CC1CC(=O)O. The monoisotopic (exact) mass is 246 g/mol. The van der Waals surface area contributed by atoms with Crippen LogP contribution in [0, 0.1) is 0 Å². The quantitative estimate of drug-likeness (QED) is 0.770. The predicted octanol–water partition coefficient (Wildman–Crippen LogP) is 0.196. The second-order valence-corrected chi connectivity index (χ2v) is 4.95. The van der Waals surface area contributed by atoms with Crippen molar-refractivity contribution < 1.29 is 9.90 Å². The number of aliphatic carboxylic acids is 1. The zero-order valence-corrected chi connectivity index (χ0v) is 10.7. The van der Waals surface area contributed by atoms with E-state index in [0.717, 1.165) is 26.2 Å². The lowest BCUT2D eigenvalue weighted by Crippen LogP contribution is -2.52. The summed E-state index contributed by atoms with van der Waals surface area (Å²) in [4.78, 5) is 15.3. The molecule has 1 N–H and O–H groups in total. The van der Waals surface area contributed by atoms with Crippen molar-refractivity contribution in [1.29, 1.82) is 0 Å². The van der Waals surface area contributed by atoms with Gasteiger partial charge in [0, 0.05) is 25.7 Å². The Kier molecular flexibility index (Phi) is 4.39. The molecule has 4 nitrogen and oxygen atoms in total. The van der Waals surface area contributed by atoms with Gasteiger partial charge in [-0.05, 0) is 12.1 Å². The molecule has 0 aromatic heterocycles. The molecule has 1 aromatic carbocycles. The highest BCUT2D eigenvalue weighted by Crippen LogP contribution is 2.13. The molecule has 1 heterocycles. The smallest absolute Gasteiger partial charge is 0.304 e. The van der Waals surface area contributed by atoms with Crippen LogP contribution < -0.4 is 0 Å². The fourth-order valence-corrected chi connectivity index (χ4v) is 2.42. The van der Waals surface area contributed by atoms with Gasteiger partial charge in [0.1, 0.15) is 0 Å². The number of carboxylic acid groups (broad SMARTS) is 1. The van der Waals surface area contributed by atoms with Crippen molar-refractivity contribution >= 4 is 14.0 Å². The number of rotatable bonds is 4. The summed E-state index contributed by atoms with van der Waals surface area (Å²) < 4.78 is 0. The molecule has 2 rings (SSSR count). The van der Waals surface area contributed by atoms with E-state index in [9.17, 15) is 4.79 Å². The number of hydrogen-bond donors (Lipinski definition) is 1. The number of hydrogen-bond acceptors (Lipinski definition) is 3. The average Bonchev–Trinajstić information content (AvgIpc) is 2.34. The van der Waals surface area contributed by atoms with Crippen molar-refractivity contribution in [2.24, 2.45) is 0 Å². The van der Waals surface area contributed by atoms with Crippen LogP contribution in [-0.2, 0) is 11.3 Å². The lowest BCUT2D eigenvalue weighted by molar-refractivity contribution is -0.138. The number of nitrogens with zero attached hydrogens (tertiary/aromatic N) is 2. The summed E-state index contributed by atoms with van der Waals surface area (Å²) in [5.41, 5.74) is 1.29. The summed E-state index contributed by atoms with van der Waals surface area (Å²) in [6, 6.07) is 10.5. The molecule has 1 unspecified atom stereocenters. The topological polar surface area (TPSA) is 43.8 Å². The molecule has 96 valence electrons. The van der Waals surface area contributed by atoms with Gasteiger partial charge in [0.25, 0.3) is 0 Å². The molecule has 0 spiro atoms. The van der Waals surface area contributed by atoms with E-state index in [1.807, 2.05) is 26.2 Å². The van der Waals surface area contributed by atoms with E-state index < -0.39 is 5.97 Å². The van der Waals surface area contributed by atoms with E-state index in [0.29, 0.717) is 0 Å². The maximum atomic E-state index is 10.8. The summed E-state index contributed by atoms with van der Waals surface area (Å²) in [5.74, 6) is -0.714. The molecule has 5 heteroatoms. The largest absolute Gasteiger partial charge is 0.481 e. The zero-order valence-electron chi connectivity index (χ0n) is 10.7. The average molecular weight is 246 g/mol. The van der Waals surface area contributed by atoms with Crippen LogP contribution in [0.5, 0.6) is 0 Å². The normalized spacial score (nSPS) is 21.9. The first-order valence-electron chi connectivity index (χ1n) is 6.33. The van der Waals surface area contributed by atoms with Crippen molar-refractivity contribution in [3.05, 3.63) is 35.9 Å². The predicted molar refractivity (Wildman–Crippen MR) is 73.0 cm³/mol. The third-order valence-electron chi connectivity index (χ3n) is 3.52. The third kappa shape index (κ3) is 3.58. The van der Waals surface area contributed by atoms with Gasteiger partial charge >= 0.3 is 5.97 Å². The Hall–Kier alpha value is -1.33. The first-order chi connectivity index (χ1) is 8.65. The fraction of sp³-hybridized carbons (Fsp3) is 0.462. The fourth-order valence-electron chi connectivity index (χ4n) is 2.42. The molecule has 1 aromatic rings. The maximum absolute atomic E-state index is 10.8. The Morgan fingerprint density at radius 3 is 2.72 bits per heavy atom. The molecule has 0 amide bonds. The molecule has 1 aliphatic heterocycles. The highest BCUT2D eigenvalue weighted by atomic mass is 16.4. The standard InChI is InChI=1S/C13H19BN2O2/c14-16-7-6-15(10-12(16)8-13(17)18)9-11-4-2-1-3-5-11/h1-5,12H,6-10,14H2,(H,17,18). The lowest BCUT2D eigenvalue weighted by atomic mass is 10.0. The first kappa shape index (κ1) is 13.1. The molecule has 1 fully saturated rings. The van der Waals surface area contributed by atoms with Gasteiger partial charge in [-0.15, -0.1) is 0 Å². The maximum Gasteiger partial charge on any atom is 0.304 e. The minimum Gasteiger partial charge on any atom is -0.481 e. The van der Waals surface area contributed by atoms with Gasteiger partial charge in [-0.3, -0.25) is 9.69 Å². The van der Waals surface area contributed by atoms with E-state index in [1.165, 1.54) is 5.56 Å². The van der Waals surface area contributed by atoms with Crippen LogP contribution >= 0.6 is 0 Å². The number of carboxylic acids is 1. The van der Waals surface area contributed by atoms with Gasteiger partial charge in [0.2, 0.25) is 0 Å². The lowest BCUT2D eigenvalue weighted by Gasteiger charge is -2.39. The molecule has 0 radical (unpaired) electrons. The van der Waals surface area contributed by atoms with Crippen LogP contribution in [0.15, 0.2) is 30.3 Å². The van der Waals surface area contributed by atoms with Crippen molar-refractivity contribution in [3.63, 3.8) is 0 Å². The number of benzene rings is 1. The Labute approximate surface area is 109 Å². The Bertz CT molecular complexity index is 399. The molecular weight excluding hydrogens is 227 g/mol. The van der Waals surface area contributed by atoms with Gasteiger partial charge in [0.15, 0.2) is 7.98 Å². The molecular formula is C13H19BN2O2. The minimum absolute atomic E-state index is 0.125. The molecule has 1 aliphatic rings. The molecule has 18 heavy (non-hydrogen) atoms. The molecule has 0 aliphatic carbocycles. The third-order valence-corrected chi connectivity index (χ3v) is 3.52. The summed E-state index contributed by atoms with van der Waals surface area (Å²) in [5, 5.41) is 8.91.